The van der Waals surface area contributed by atoms with E-state index in [1.54, 1.807) is 0 Å². The molecule has 1 rings (SSSR count). The van der Waals surface area contributed by atoms with Gasteiger partial charge < -0.3 is 5.73 Å². The van der Waals surface area contributed by atoms with E-state index in [1.165, 1.54) is 0 Å². The third-order valence-electron chi connectivity index (χ3n) is 1.73. The van der Waals surface area contributed by atoms with E-state index in [0.29, 0.717) is 0 Å². The predicted octanol–water partition coefficient (Wildman–Crippen LogP) is 3.44. The van der Waals surface area contributed by atoms with Crippen LogP contribution in [0.2, 0.25) is 0 Å². The van der Waals surface area contributed by atoms with Crippen molar-refractivity contribution in [3.8, 4) is 0 Å². The van der Waals surface area contributed by atoms with Gasteiger partial charge in [-0.25, -0.2) is 0 Å². The van der Waals surface area contributed by atoms with Crippen LogP contribution in [0.25, 0.3) is 0 Å². The fraction of sp³-hybridized carbons (Fsp3) is 0.455. The molecule has 0 saturated carbocycles. The Balaban J connectivity index is 0.000000364. The van der Waals surface area contributed by atoms with Crippen LogP contribution in [0.5, 0.6) is 0 Å². The second kappa shape index (κ2) is 8.10. The lowest BCUT2D eigenvalue weighted by Crippen LogP contribution is -2.08. The van der Waals surface area contributed by atoms with Gasteiger partial charge in [-0.1, -0.05) is 37.8 Å². The highest BCUT2D eigenvalue weighted by atomic mass is 35.5. The van der Waals surface area contributed by atoms with Gasteiger partial charge >= 0.3 is 0 Å². The van der Waals surface area contributed by atoms with E-state index in [4.69, 9.17) is 28.9 Å². The standard InChI is InChI=1S/C8H8Cl2.C3H9N/c1-6-4-2-3-5-7(6)8(9)10;1-2-3-4/h2-5,7-8H,1H2;2-4H2,1H3. The van der Waals surface area contributed by atoms with Gasteiger partial charge in [0.25, 0.3) is 0 Å². The van der Waals surface area contributed by atoms with Gasteiger partial charge in [0.05, 0.1) is 0 Å². The van der Waals surface area contributed by atoms with Crippen LogP contribution < -0.4 is 5.73 Å². The Labute approximate surface area is 96.3 Å². The largest absolute Gasteiger partial charge is 0.330 e. The fourth-order valence-corrected chi connectivity index (χ4v) is 1.34. The number of allylic oxidation sites excluding steroid dienone is 5. The van der Waals surface area contributed by atoms with Gasteiger partial charge in [0, 0.05) is 5.92 Å². The Hall–Kier alpha value is -0.240. The summed E-state index contributed by atoms with van der Waals surface area (Å²) in [5, 5.41) is 0. The average Bonchev–Trinajstić information content (AvgIpc) is 2.18. The molecule has 0 heterocycles. The number of halogens is 2. The molecule has 0 bridgehead atoms. The van der Waals surface area contributed by atoms with Crippen molar-refractivity contribution < 1.29 is 0 Å². The lowest BCUT2D eigenvalue weighted by molar-refractivity contribution is 0.851. The molecule has 3 heteroatoms. The lowest BCUT2D eigenvalue weighted by atomic mass is 9.98. The van der Waals surface area contributed by atoms with Gasteiger partial charge in [0.1, 0.15) is 4.84 Å². The number of nitrogens with two attached hydrogens (primary N) is 1. The van der Waals surface area contributed by atoms with E-state index in [0.717, 1.165) is 18.5 Å². The minimum Gasteiger partial charge on any atom is -0.330 e. The zero-order valence-electron chi connectivity index (χ0n) is 8.42. The molecule has 2 N–H and O–H groups in total. The lowest BCUT2D eigenvalue weighted by Gasteiger charge is -2.15. The summed E-state index contributed by atoms with van der Waals surface area (Å²) in [6.45, 7) is 6.68. The van der Waals surface area contributed by atoms with Crippen LogP contribution in [0, 0.1) is 5.92 Å². The van der Waals surface area contributed by atoms with Gasteiger partial charge in [-0.3, -0.25) is 0 Å². The molecule has 0 aromatic rings. The zero-order chi connectivity index (χ0) is 11.0. The van der Waals surface area contributed by atoms with Gasteiger partial charge in [-0.05, 0) is 18.5 Å². The zero-order valence-corrected chi connectivity index (χ0v) is 9.93. The minimum absolute atomic E-state index is 0.0910. The molecule has 80 valence electrons. The Morgan fingerprint density at radius 1 is 1.50 bits per heavy atom. The van der Waals surface area contributed by atoms with Crippen LogP contribution in [0.4, 0.5) is 0 Å². The number of hydrogen-bond acceptors (Lipinski definition) is 1. The van der Waals surface area contributed by atoms with Gasteiger partial charge in [0.15, 0.2) is 0 Å². The summed E-state index contributed by atoms with van der Waals surface area (Å²) in [7, 11) is 0. The Morgan fingerprint density at radius 3 is 2.36 bits per heavy atom. The molecule has 1 nitrogen and oxygen atoms in total. The molecule has 1 atom stereocenters. The Morgan fingerprint density at radius 2 is 2.07 bits per heavy atom. The second-order valence-electron chi connectivity index (χ2n) is 2.97. The van der Waals surface area contributed by atoms with Gasteiger partial charge in [0.2, 0.25) is 0 Å². The minimum atomic E-state index is -0.381. The van der Waals surface area contributed by atoms with Gasteiger partial charge in [-0.15, -0.1) is 23.2 Å². The second-order valence-corrected chi connectivity index (χ2v) is 4.13. The molecule has 0 aliphatic heterocycles. The van der Waals surface area contributed by atoms with Crippen molar-refractivity contribution in [1.82, 2.24) is 0 Å². The Bertz CT molecular complexity index is 217. The summed E-state index contributed by atoms with van der Waals surface area (Å²) in [5.41, 5.74) is 6.00. The maximum atomic E-state index is 5.67. The highest BCUT2D eigenvalue weighted by Crippen LogP contribution is 2.26. The summed E-state index contributed by atoms with van der Waals surface area (Å²) < 4.78 is 0. The summed E-state index contributed by atoms with van der Waals surface area (Å²) >= 11 is 11.3. The molecule has 0 spiro atoms. The molecule has 0 radical (unpaired) electrons. The van der Waals surface area contributed by atoms with E-state index in [-0.39, 0.29) is 10.8 Å². The normalized spacial score (nSPS) is 19.5. The molecule has 1 aliphatic carbocycles. The highest BCUT2D eigenvalue weighted by molar-refractivity contribution is 6.44. The van der Waals surface area contributed by atoms with Crippen LogP contribution >= 0.6 is 23.2 Å². The molecular weight excluding hydrogens is 217 g/mol. The monoisotopic (exact) mass is 233 g/mol. The molecule has 0 saturated heterocycles. The van der Waals surface area contributed by atoms with Crippen molar-refractivity contribution in [2.75, 3.05) is 6.54 Å². The molecule has 14 heavy (non-hydrogen) atoms. The average molecular weight is 234 g/mol. The van der Waals surface area contributed by atoms with Crippen molar-refractivity contribution in [2.45, 2.75) is 18.2 Å². The van der Waals surface area contributed by atoms with E-state index in [1.807, 2.05) is 24.3 Å². The van der Waals surface area contributed by atoms with Crippen LogP contribution in [0.1, 0.15) is 13.3 Å². The predicted molar refractivity (Wildman–Crippen MR) is 65.7 cm³/mol. The summed E-state index contributed by atoms with van der Waals surface area (Å²) in [6, 6.07) is 0. The van der Waals surface area contributed by atoms with Crippen LogP contribution in [0.15, 0.2) is 36.5 Å². The SMILES string of the molecule is C=C1C=CC=CC1C(Cl)Cl.CCCN. The summed E-state index contributed by atoms with van der Waals surface area (Å²) in [6.07, 6.45) is 8.82. The number of alkyl halides is 2. The maximum absolute atomic E-state index is 5.67. The number of hydrogen-bond donors (Lipinski definition) is 1. The van der Waals surface area contributed by atoms with Gasteiger partial charge in [-0.2, -0.15) is 0 Å². The fourth-order valence-electron chi connectivity index (χ4n) is 0.844. The highest BCUT2D eigenvalue weighted by Gasteiger charge is 2.16. The smallest absolute Gasteiger partial charge is 0.118 e. The quantitative estimate of drug-likeness (QED) is 0.727. The number of rotatable bonds is 2. The molecule has 0 aromatic carbocycles. The van der Waals surface area contributed by atoms with Crippen molar-refractivity contribution >= 4 is 23.2 Å². The van der Waals surface area contributed by atoms with E-state index >= 15 is 0 Å². The van der Waals surface area contributed by atoms with Crippen molar-refractivity contribution in [1.29, 1.82) is 0 Å². The van der Waals surface area contributed by atoms with E-state index < -0.39 is 0 Å². The first kappa shape index (κ1) is 13.8. The molecule has 1 unspecified atom stereocenters. The molecule has 1 aliphatic rings. The molecule has 0 fully saturated rings. The van der Waals surface area contributed by atoms with Crippen molar-refractivity contribution in [3.63, 3.8) is 0 Å². The third-order valence-corrected chi connectivity index (χ3v) is 2.27. The first-order valence-electron chi connectivity index (χ1n) is 4.65. The van der Waals surface area contributed by atoms with Crippen LogP contribution in [0.3, 0.4) is 0 Å². The molecular formula is C11H17Cl2N. The maximum Gasteiger partial charge on any atom is 0.118 e. The van der Waals surface area contributed by atoms with Crippen molar-refractivity contribution in [3.05, 3.63) is 36.5 Å². The first-order valence-corrected chi connectivity index (χ1v) is 5.52. The first-order chi connectivity index (χ1) is 6.63. The summed E-state index contributed by atoms with van der Waals surface area (Å²) in [4.78, 5) is -0.381. The molecule has 0 amide bonds. The van der Waals surface area contributed by atoms with Crippen LogP contribution in [-0.4, -0.2) is 11.4 Å². The molecule has 0 aromatic heterocycles. The van der Waals surface area contributed by atoms with Crippen molar-refractivity contribution in [2.24, 2.45) is 11.7 Å². The third kappa shape index (κ3) is 5.48. The van der Waals surface area contributed by atoms with E-state index in [2.05, 4.69) is 13.5 Å². The Kier molecular flexibility index (Phi) is 7.96. The summed E-state index contributed by atoms with van der Waals surface area (Å²) in [5.74, 6) is 0.0910. The van der Waals surface area contributed by atoms with E-state index in [9.17, 15) is 0 Å². The van der Waals surface area contributed by atoms with Crippen LogP contribution in [-0.2, 0) is 0 Å². The topological polar surface area (TPSA) is 26.0 Å².